The second-order valence-electron chi connectivity index (χ2n) is 6.33. The van der Waals surface area contributed by atoms with Crippen LogP contribution in [0.5, 0.6) is 0 Å². The third-order valence-electron chi connectivity index (χ3n) is 4.39. The Balaban J connectivity index is 1.70. The van der Waals surface area contributed by atoms with Gasteiger partial charge in [0.15, 0.2) is 0 Å². The third kappa shape index (κ3) is 7.43. The number of aliphatic hydroxyl groups excluding tert-OH is 1. The highest BCUT2D eigenvalue weighted by Crippen LogP contribution is 2.21. The predicted octanol–water partition coefficient (Wildman–Crippen LogP) is 4.33. The van der Waals surface area contributed by atoms with Crippen molar-refractivity contribution in [3.05, 3.63) is 47.0 Å². The number of thioether (sulfide) groups is 1. The van der Waals surface area contributed by atoms with E-state index in [2.05, 4.69) is 18.2 Å². The summed E-state index contributed by atoms with van der Waals surface area (Å²) >= 11 is 7.88. The molecule has 0 radical (unpaired) electrons. The Morgan fingerprint density at radius 3 is 3.00 bits per heavy atom. The molecular formula is C20H28ClNO2S. The van der Waals surface area contributed by atoms with Crippen molar-refractivity contribution in [1.29, 1.82) is 0 Å². The van der Waals surface area contributed by atoms with E-state index in [0.717, 1.165) is 55.2 Å². The van der Waals surface area contributed by atoms with E-state index in [1.807, 2.05) is 34.9 Å². The summed E-state index contributed by atoms with van der Waals surface area (Å²) in [5.74, 6) is 2.31. The monoisotopic (exact) mass is 381 g/mol. The number of unbranched alkanes of at least 4 members (excludes halogenated alkanes) is 1. The average molecular weight is 382 g/mol. The number of hydrogen-bond donors (Lipinski definition) is 1. The molecule has 1 fully saturated rings. The van der Waals surface area contributed by atoms with Gasteiger partial charge < -0.3 is 10.0 Å². The minimum atomic E-state index is 0.255. The highest BCUT2D eigenvalue weighted by molar-refractivity contribution is 7.99. The number of carbonyl (C=O) groups is 1. The van der Waals surface area contributed by atoms with E-state index in [9.17, 15) is 4.79 Å². The molecule has 1 aromatic rings. The first-order valence-electron chi connectivity index (χ1n) is 9.10. The molecule has 0 spiro atoms. The molecule has 1 atom stereocenters. The van der Waals surface area contributed by atoms with Crippen molar-refractivity contribution in [2.75, 3.05) is 24.7 Å². The quantitative estimate of drug-likeness (QED) is 0.458. The molecule has 3 nitrogen and oxygen atoms in total. The standard InChI is InChI=1S/C20H28ClNO2S/c21-18-8-5-7-17(16-18)6-1-2-9-19-10-11-20(24)22(19)12-15-25-14-4-3-13-23/h2,5,7-9,16,19,23H,1,3-4,6,10-15H2/b9-2+. The molecule has 2 rings (SSSR count). The largest absolute Gasteiger partial charge is 0.396 e. The molecule has 138 valence electrons. The van der Waals surface area contributed by atoms with E-state index in [1.54, 1.807) is 0 Å². The number of benzene rings is 1. The summed E-state index contributed by atoms with van der Waals surface area (Å²) in [4.78, 5) is 14.1. The van der Waals surface area contributed by atoms with Crippen LogP contribution in [0.25, 0.3) is 0 Å². The minimum Gasteiger partial charge on any atom is -0.396 e. The van der Waals surface area contributed by atoms with Gasteiger partial charge in [-0.1, -0.05) is 35.9 Å². The molecule has 0 saturated carbocycles. The van der Waals surface area contributed by atoms with Crippen LogP contribution in [0.15, 0.2) is 36.4 Å². The van der Waals surface area contributed by atoms with E-state index < -0.39 is 0 Å². The molecule has 0 bridgehead atoms. The summed E-state index contributed by atoms with van der Waals surface area (Å²) in [6, 6.07) is 8.24. The third-order valence-corrected chi connectivity index (χ3v) is 5.68. The summed E-state index contributed by atoms with van der Waals surface area (Å²) in [5.41, 5.74) is 1.25. The Hall–Kier alpha value is -0.970. The van der Waals surface area contributed by atoms with E-state index in [-0.39, 0.29) is 18.6 Å². The fourth-order valence-corrected chi connectivity index (χ4v) is 4.17. The molecule has 25 heavy (non-hydrogen) atoms. The van der Waals surface area contributed by atoms with Gasteiger partial charge in [0.1, 0.15) is 0 Å². The Morgan fingerprint density at radius 2 is 2.20 bits per heavy atom. The zero-order chi connectivity index (χ0) is 17.9. The van der Waals surface area contributed by atoms with Gasteiger partial charge in [0, 0.05) is 30.3 Å². The molecule has 1 aliphatic rings. The lowest BCUT2D eigenvalue weighted by molar-refractivity contribution is -0.128. The van der Waals surface area contributed by atoms with Crippen molar-refractivity contribution in [3.8, 4) is 0 Å². The van der Waals surface area contributed by atoms with Gasteiger partial charge in [-0.15, -0.1) is 0 Å². The fourth-order valence-electron chi connectivity index (χ4n) is 3.02. The molecule has 1 amide bonds. The average Bonchev–Trinajstić information content (AvgIpc) is 2.95. The first-order chi connectivity index (χ1) is 12.2. The normalized spacial score (nSPS) is 17.8. The maximum Gasteiger partial charge on any atom is 0.223 e. The number of hydrogen-bond acceptors (Lipinski definition) is 3. The second-order valence-corrected chi connectivity index (χ2v) is 7.99. The molecule has 1 aliphatic heterocycles. The van der Waals surface area contributed by atoms with Crippen LogP contribution in [0.2, 0.25) is 5.02 Å². The minimum absolute atomic E-state index is 0.255. The van der Waals surface area contributed by atoms with E-state index in [1.165, 1.54) is 5.56 Å². The van der Waals surface area contributed by atoms with Gasteiger partial charge in [0.2, 0.25) is 5.91 Å². The van der Waals surface area contributed by atoms with Crippen molar-refractivity contribution in [2.45, 2.75) is 44.6 Å². The molecule has 1 unspecified atom stereocenters. The zero-order valence-electron chi connectivity index (χ0n) is 14.7. The maximum absolute atomic E-state index is 12.1. The van der Waals surface area contributed by atoms with Crippen molar-refractivity contribution < 1.29 is 9.90 Å². The number of amides is 1. The summed E-state index contributed by atoms with van der Waals surface area (Å²) in [7, 11) is 0. The predicted molar refractivity (Wildman–Crippen MR) is 107 cm³/mol. The van der Waals surface area contributed by atoms with Crippen LogP contribution in [0, 0.1) is 0 Å². The van der Waals surface area contributed by atoms with Gasteiger partial charge in [-0.2, -0.15) is 11.8 Å². The number of aryl methyl sites for hydroxylation is 1. The summed E-state index contributed by atoms with van der Waals surface area (Å²) in [6.07, 6.45) is 9.85. The number of rotatable bonds is 11. The summed E-state index contributed by atoms with van der Waals surface area (Å²) < 4.78 is 0. The van der Waals surface area contributed by atoms with Gasteiger partial charge >= 0.3 is 0 Å². The zero-order valence-corrected chi connectivity index (χ0v) is 16.3. The van der Waals surface area contributed by atoms with Crippen molar-refractivity contribution in [2.24, 2.45) is 0 Å². The molecule has 1 saturated heterocycles. The van der Waals surface area contributed by atoms with Crippen LogP contribution in [-0.2, 0) is 11.2 Å². The Kier molecular flexibility index (Phi) is 9.45. The van der Waals surface area contributed by atoms with Crippen LogP contribution in [0.4, 0.5) is 0 Å². The van der Waals surface area contributed by atoms with E-state index in [4.69, 9.17) is 16.7 Å². The van der Waals surface area contributed by atoms with Crippen LogP contribution in [0.3, 0.4) is 0 Å². The number of likely N-dealkylation sites (tertiary alicyclic amines) is 1. The van der Waals surface area contributed by atoms with Gasteiger partial charge in [-0.25, -0.2) is 0 Å². The van der Waals surface area contributed by atoms with E-state index in [0.29, 0.717) is 6.42 Å². The molecule has 1 N–H and O–H groups in total. The lowest BCUT2D eigenvalue weighted by Crippen LogP contribution is -2.33. The van der Waals surface area contributed by atoms with Gasteiger partial charge in [-0.05, 0) is 55.6 Å². The summed E-state index contributed by atoms with van der Waals surface area (Å²) in [6.45, 7) is 1.10. The molecule has 1 heterocycles. The SMILES string of the molecule is O=C1CCC(/C=C/CCc2cccc(Cl)c2)N1CCSCCCCO. The van der Waals surface area contributed by atoms with Crippen molar-refractivity contribution >= 4 is 29.3 Å². The maximum atomic E-state index is 12.1. The number of allylic oxidation sites excluding steroid dienone is 1. The second kappa shape index (κ2) is 11.6. The smallest absolute Gasteiger partial charge is 0.223 e. The molecule has 0 aromatic heterocycles. The number of nitrogens with zero attached hydrogens (tertiary/aromatic N) is 1. The van der Waals surface area contributed by atoms with Crippen LogP contribution >= 0.6 is 23.4 Å². The molecule has 1 aromatic carbocycles. The Bertz CT molecular complexity index is 564. The topological polar surface area (TPSA) is 40.5 Å². The lowest BCUT2D eigenvalue weighted by atomic mass is 10.1. The Morgan fingerprint density at radius 1 is 1.32 bits per heavy atom. The fraction of sp³-hybridized carbons (Fsp3) is 0.550. The molecular weight excluding hydrogens is 354 g/mol. The molecule has 5 heteroatoms. The number of carbonyl (C=O) groups excluding carboxylic acids is 1. The first-order valence-corrected chi connectivity index (χ1v) is 10.6. The van der Waals surface area contributed by atoms with Crippen LogP contribution in [-0.4, -0.2) is 46.6 Å². The summed E-state index contributed by atoms with van der Waals surface area (Å²) in [5, 5.41) is 9.56. The first kappa shape index (κ1) is 20.3. The molecule has 0 aliphatic carbocycles. The van der Waals surface area contributed by atoms with Gasteiger partial charge in [-0.3, -0.25) is 4.79 Å². The van der Waals surface area contributed by atoms with Crippen LogP contribution < -0.4 is 0 Å². The highest BCUT2D eigenvalue weighted by atomic mass is 35.5. The van der Waals surface area contributed by atoms with Gasteiger partial charge in [0.05, 0.1) is 6.04 Å². The van der Waals surface area contributed by atoms with Crippen molar-refractivity contribution in [1.82, 2.24) is 4.90 Å². The number of aliphatic hydroxyl groups is 1. The Labute approximate surface area is 160 Å². The van der Waals surface area contributed by atoms with E-state index >= 15 is 0 Å². The lowest BCUT2D eigenvalue weighted by Gasteiger charge is -2.22. The van der Waals surface area contributed by atoms with Crippen molar-refractivity contribution in [3.63, 3.8) is 0 Å². The highest BCUT2D eigenvalue weighted by Gasteiger charge is 2.28. The number of halogens is 1. The van der Waals surface area contributed by atoms with Gasteiger partial charge in [0.25, 0.3) is 0 Å². The van der Waals surface area contributed by atoms with Crippen LogP contribution in [0.1, 0.15) is 37.7 Å².